The number of hydrogen-bond donors (Lipinski definition) is 1. The fourth-order valence-corrected chi connectivity index (χ4v) is 3.29. The molecular weight excluding hydrogens is 435 g/mol. The monoisotopic (exact) mass is 452 g/mol. The summed E-state index contributed by atoms with van der Waals surface area (Å²) >= 11 is 12.2. The van der Waals surface area contributed by atoms with Crippen LogP contribution in [-0.4, -0.2) is 13.0 Å². The molecule has 3 aromatic carbocycles. The van der Waals surface area contributed by atoms with Gasteiger partial charge in [-0.15, -0.1) is 0 Å². The Morgan fingerprint density at radius 3 is 2.35 bits per heavy atom. The molecule has 7 heteroatoms. The molecule has 0 radical (unpaired) electrons. The second-order valence-electron chi connectivity index (χ2n) is 6.37. The van der Waals surface area contributed by atoms with E-state index in [0.29, 0.717) is 23.7 Å². The van der Waals surface area contributed by atoms with Gasteiger partial charge in [0, 0.05) is 5.56 Å². The summed E-state index contributed by atoms with van der Waals surface area (Å²) in [5, 5.41) is 12.7. The van der Waals surface area contributed by atoms with Crippen molar-refractivity contribution in [2.75, 3.05) is 12.4 Å². The van der Waals surface area contributed by atoms with Gasteiger partial charge in [-0.2, -0.15) is 5.26 Å². The fourth-order valence-electron chi connectivity index (χ4n) is 2.79. The number of carbonyl (C=O) groups excluding carboxylic acids is 1. The minimum absolute atomic E-state index is 0.145. The average Bonchev–Trinajstić information content (AvgIpc) is 2.79. The lowest BCUT2D eigenvalue weighted by Crippen LogP contribution is -2.14. The summed E-state index contributed by atoms with van der Waals surface area (Å²) in [7, 11) is 1.52. The quantitative estimate of drug-likeness (QED) is 0.345. The molecule has 5 nitrogen and oxygen atoms in total. The van der Waals surface area contributed by atoms with Crippen molar-refractivity contribution in [1.29, 1.82) is 5.26 Å². The summed E-state index contributed by atoms with van der Waals surface area (Å²) in [6.45, 7) is 0.297. The maximum Gasteiger partial charge on any atom is 0.266 e. The maximum atomic E-state index is 12.7. The van der Waals surface area contributed by atoms with Gasteiger partial charge in [0.1, 0.15) is 18.2 Å². The average molecular weight is 453 g/mol. The Morgan fingerprint density at radius 2 is 1.71 bits per heavy atom. The predicted molar refractivity (Wildman–Crippen MR) is 122 cm³/mol. The second kappa shape index (κ2) is 10.5. The Kier molecular flexibility index (Phi) is 7.55. The number of para-hydroxylation sites is 2. The molecule has 0 bridgehead atoms. The van der Waals surface area contributed by atoms with Crippen molar-refractivity contribution in [3.05, 3.63) is 93.5 Å². The Labute approximate surface area is 190 Å². The van der Waals surface area contributed by atoms with Crippen LogP contribution in [0.2, 0.25) is 10.0 Å². The molecule has 0 aromatic heterocycles. The van der Waals surface area contributed by atoms with Gasteiger partial charge in [0.25, 0.3) is 5.91 Å². The standard InChI is InChI=1S/C24H18Cl2N2O3/c1-30-21-12-5-9-17(23(21)31-15-16-7-3-2-4-8-16)13-18(14-27)24(29)28-22-19(25)10-6-11-20(22)26/h2-13H,15H2,1H3,(H,28,29)/b18-13+. The van der Waals surface area contributed by atoms with E-state index in [1.807, 2.05) is 36.4 Å². The van der Waals surface area contributed by atoms with Gasteiger partial charge in [0.15, 0.2) is 11.5 Å². The highest BCUT2D eigenvalue weighted by Gasteiger charge is 2.16. The third kappa shape index (κ3) is 5.58. The topological polar surface area (TPSA) is 71.3 Å². The molecule has 0 saturated carbocycles. The van der Waals surface area contributed by atoms with Crippen molar-refractivity contribution in [2.24, 2.45) is 0 Å². The lowest BCUT2D eigenvalue weighted by atomic mass is 10.1. The molecule has 0 saturated heterocycles. The van der Waals surface area contributed by atoms with Crippen LogP contribution in [0.15, 0.2) is 72.3 Å². The molecule has 0 aliphatic rings. The first-order valence-corrected chi connectivity index (χ1v) is 10.00. The zero-order chi connectivity index (χ0) is 22.2. The van der Waals surface area contributed by atoms with E-state index in [9.17, 15) is 10.1 Å². The molecule has 31 heavy (non-hydrogen) atoms. The summed E-state index contributed by atoms with van der Waals surface area (Å²) in [6.07, 6.45) is 1.43. The molecule has 0 aliphatic heterocycles. The molecule has 156 valence electrons. The molecule has 0 fully saturated rings. The normalized spacial score (nSPS) is 10.8. The molecule has 0 aliphatic carbocycles. The fraction of sp³-hybridized carbons (Fsp3) is 0.0833. The van der Waals surface area contributed by atoms with E-state index in [0.717, 1.165) is 5.56 Å². The van der Waals surface area contributed by atoms with Gasteiger partial charge in [0.05, 0.1) is 22.8 Å². The Bertz CT molecular complexity index is 1130. The number of halogens is 2. The molecule has 3 rings (SSSR count). The van der Waals surface area contributed by atoms with Crippen molar-refractivity contribution >= 4 is 40.9 Å². The lowest BCUT2D eigenvalue weighted by molar-refractivity contribution is -0.112. The number of nitrogens with zero attached hydrogens (tertiary/aromatic N) is 1. The number of nitriles is 1. The second-order valence-corrected chi connectivity index (χ2v) is 7.19. The summed E-state index contributed by atoms with van der Waals surface area (Å²) in [4.78, 5) is 12.7. The Hall–Kier alpha value is -3.46. The maximum absolute atomic E-state index is 12.7. The van der Waals surface area contributed by atoms with E-state index in [2.05, 4.69) is 5.32 Å². The third-order valence-corrected chi connectivity index (χ3v) is 4.95. The molecule has 0 unspecified atom stereocenters. The number of carbonyl (C=O) groups is 1. The van der Waals surface area contributed by atoms with Gasteiger partial charge < -0.3 is 14.8 Å². The Morgan fingerprint density at radius 1 is 1.03 bits per heavy atom. The molecule has 1 amide bonds. The van der Waals surface area contributed by atoms with Crippen LogP contribution >= 0.6 is 23.2 Å². The molecular formula is C24H18Cl2N2O3. The summed E-state index contributed by atoms with van der Waals surface area (Å²) in [5.74, 6) is 0.260. The van der Waals surface area contributed by atoms with Crippen LogP contribution in [0.3, 0.4) is 0 Å². The lowest BCUT2D eigenvalue weighted by Gasteiger charge is -2.14. The SMILES string of the molecule is COc1cccc(/C=C(\C#N)C(=O)Nc2c(Cl)cccc2Cl)c1OCc1ccccc1. The number of amides is 1. The summed E-state index contributed by atoms with van der Waals surface area (Å²) in [5.41, 5.74) is 1.58. The number of hydrogen-bond acceptors (Lipinski definition) is 4. The van der Waals surface area contributed by atoms with Crippen LogP contribution < -0.4 is 14.8 Å². The summed E-state index contributed by atoms with van der Waals surface area (Å²) < 4.78 is 11.4. The van der Waals surface area contributed by atoms with Gasteiger partial charge in [-0.25, -0.2) is 0 Å². The van der Waals surface area contributed by atoms with Crippen LogP contribution in [0.1, 0.15) is 11.1 Å². The van der Waals surface area contributed by atoms with Crippen LogP contribution in [0, 0.1) is 11.3 Å². The minimum Gasteiger partial charge on any atom is -0.493 e. The first kappa shape index (κ1) is 22.2. The number of methoxy groups -OCH3 is 1. The van der Waals surface area contributed by atoms with Gasteiger partial charge in [-0.1, -0.05) is 71.7 Å². The van der Waals surface area contributed by atoms with Crippen LogP contribution in [0.4, 0.5) is 5.69 Å². The highest BCUT2D eigenvalue weighted by Crippen LogP contribution is 2.34. The van der Waals surface area contributed by atoms with Crippen molar-refractivity contribution in [1.82, 2.24) is 0 Å². The van der Waals surface area contributed by atoms with Gasteiger partial charge in [-0.3, -0.25) is 4.79 Å². The highest BCUT2D eigenvalue weighted by atomic mass is 35.5. The van der Waals surface area contributed by atoms with E-state index in [4.69, 9.17) is 32.7 Å². The van der Waals surface area contributed by atoms with Crippen LogP contribution in [0.25, 0.3) is 6.08 Å². The van der Waals surface area contributed by atoms with Crippen LogP contribution in [0.5, 0.6) is 11.5 Å². The number of anilines is 1. The first-order chi connectivity index (χ1) is 15.0. The summed E-state index contributed by atoms with van der Waals surface area (Å²) in [6, 6.07) is 21.6. The van der Waals surface area contributed by atoms with E-state index in [1.165, 1.54) is 13.2 Å². The van der Waals surface area contributed by atoms with Gasteiger partial charge in [0.2, 0.25) is 0 Å². The molecule has 0 heterocycles. The van der Waals surface area contributed by atoms with Gasteiger partial charge >= 0.3 is 0 Å². The minimum atomic E-state index is -0.644. The van der Waals surface area contributed by atoms with Crippen molar-refractivity contribution in [3.8, 4) is 17.6 Å². The van der Waals surface area contributed by atoms with Crippen molar-refractivity contribution < 1.29 is 14.3 Å². The zero-order valence-corrected chi connectivity index (χ0v) is 18.1. The first-order valence-electron chi connectivity index (χ1n) is 9.24. The predicted octanol–water partition coefficient (Wildman–Crippen LogP) is 6.13. The highest BCUT2D eigenvalue weighted by molar-refractivity contribution is 6.40. The number of rotatable bonds is 7. The zero-order valence-electron chi connectivity index (χ0n) is 16.6. The third-order valence-electron chi connectivity index (χ3n) is 4.32. The van der Waals surface area contributed by atoms with Crippen molar-refractivity contribution in [3.63, 3.8) is 0 Å². The number of nitrogens with one attached hydrogen (secondary N) is 1. The largest absolute Gasteiger partial charge is 0.493 e. The van der Waals surface area contributed by atoms with Crippen molar-refractivity contribution in [2.45, 2.75) is 6.61 Å². The molecule has 0 atom stereocenters. The number of ether oxygens (including phenoxy) is 2. The molecule has 0 spiro atoms. The smallest absolute Gasteiger partial charge is 0.266 e. The van der Waals surface area contributed by atoms with E-state index >= 15 is 0 Å². The Balaban J connectivity index is 1.91. The van der Waals surface area contributed by atoms with Crippen LogP contribution in [-0.2, 0) is 11.4 Å². The van der Waals surface area contributed by atoms with E-state index in [-0.39, 0.29) is 21.3 Å². The number of benzene rings is 3. The van der Waals surface area contributed by atoms with E-state index in [1.54, 1.807) is 36.4 Å². The molecule has 1 N–H and O–H groups in total. The molecule has 3 aromatic rings. The van der Waals surface area contributed by atoms with E-state index < -0.39 is 5.91 Å². The van der Waals surface area contributed by atoms with Gasteiger partial charge in [-0.05, 0) is 29.8 Å².